The summed E-state index contributed by atoms with van der Waals surface area (Å²) in [6.45, 7) is 1.83. The first-order chi connectivity index (χ1) is 9.97. The zero-order valence-corrected chi connectivity index (χ0v) is 11.2. The van der Waals surface area contributed by atoms with Crippen molar-refractivity contribution in [3.63, 3.8) is 0 Å². The van der Waals surface area contributed by atoms with Gasteiger partial charge in [-0.3, -0.25) is 0 Å². The number of amides is 2. The highest BCUT2D eigenvalue weighted by atomic mass is 19.1. The molecule has 0 saturated heterocycles. The smallest absolute Gasteiger partial charge is 0.337 e. The Bertz CT molecular complexity index is 701. The van der Waals surface area contributed by atoms with Crippen LogP contribution >= 0.6 is 0 Å². The van der Waals surface area contributed by atoms with E-state index in [1.54, 1.807) is 12.1 Å². The summed E-state index contributed by atoms with van der Waals surface area (Å²) in [6.07, 6.45) is 0. The number of benzene rings is 2. The number of hydrogen-bond acceptors (Lipinski definition) is 2. The number of carbonyl (C=O) groups excluding carboxylic acids is 1. The third kappa shape index (κ3) is 3.56. The number of carbonyl (C=O) groups is 2. The zero-order valence-electron chi connectivity index (χ0n) is 11.2. The minimum atomic E-state index is -1.32. The van der Waals surface area contributed by atoms with E-state index in [-0.39, 0.29) is 11.3 Å². The van der Waals surface area contributed by atoms with Gasteiger partial charge in [0.05, 0.1) is 11.3 Å². The molecule has 3 N–H and O–H groups in total. The predicted octanol–water partition coefficient (Wildman–Crippen LogP) is 3.48. The Balaban J connectivity index is 2.17. The average molecular weight is 288 g/mol. The number of aromatic carboxylic acids is 1. The molecule has 0 heterocycles. The summed E-state index contributed by atoms with van der Waals surface area (Å²) >= 11 is 0. The molecule has 21 heavy (non-hydrogen) atoms. The van der Waals surface area contributed by atoms with Gasteiger partial charge in [-0.1, -0.05) is 18.2 Å². The molecule has 0 saturated carbocycles. The second kappa shape index (κ2) is 6.04. The van der Waals surface area contributed by atoms with E-state index in [0.717, 1.165) is 17.7 Å². The van der Waals surface area contributed by atoms with E-state index >= 15 is 0 Å². The molecule has 2 aromatic rings. The average Bonchev–Trinajstić information content (AvgIpc) is 2.43. The molecule has 0 bridgehead atoms. The van der Waals surface area contributed by atoms with E-state index in [4.69, 9.17) is 5.11 Å². The second-order valence-electron chi connectivity index (χ2n) is 4.39. The van der Waals surface area contributed by atoms with Crippen LogP contribution in [0.5, 0.6) is 0 Å². The second-order valence-corrected chi connectivity index (χ2v) is 4.39. The predicted molar refractivity (Wildman–Crippen MR) is 77.2 cm³/mol. The maximum absolute atomic E-state index is 13.1. The van der Waals surface area contributed by atoms with E-state index in [9.17, 15) is 14.0 Å². The topological polar surface area (TPSA) is 78.4 Å². The minimum absolute atomic E-state index is 0.0231. The van der Waals surface area contributed by atoms with E-state index in [1.807, 2.05) is 19.1 Å². The summed E-state index contributed by atoms with van der Waals surface area (Å²) in [5.41, 5.74) is 1.18. The van der Waals surface area contributed by atoms with E-state index in [1.165, 1.54) is 6.07 Å². The molecule has 0 aliphatic carbocycles. The Morgan fingerprint density at radius 1 is 1.05 bits per heavy atom. The third-order valence-corrected chi connectivity index (χ3v) is 2.85. The molecule has 0 radical (unpaired) electrons. The molecule has 0 aromatic heterocycles. The first-order valence-corrected chi connectivity index (χ1v) is 6.14. The number of aryl methyl sites for hydroxylation is 1. The highest BCUT2D eigenvalue weighted by Crippen LogP contribution is 2.18. The zero-order chi connectivity index (χ0) is 15.4. The highest BCUT2D eigenvalue weighted by Gasteiger charge is 2.14. The Morgan fingerprint density at radius 2 is 1.71 bits per heavy atom. The lowest BCUT2D eigenvalue weighted by molar-refractivity contribution is 0.0697. The highest BCUT2D eigenvalue weighted by molar-refractivity contribution is 6.04. The maximum atomic E-state index is 13.1. The molecule has 0 atom stereocenters. The summed E-state index contributed by atoms with van der Waals surface area (Å²) < 4.78 is 13.1. The van der Waals surface area contributed by atoms with Gasteiger partial charge in [0, 0.05) is 5.69 Å². The fourth-order valence-corrected chi connectivity index (χ4v) is 1.79. The molecule has 2 amide bonds. The number of anilines is 2. The fraction of sp³-hybridized carbons (Fsp3) is 0.0667. The molecule has 6 heteroatoms. The van der Waals surface area contributed by atoms with Crippen LogP contribution in [0, 0.1) is 12.7 Å². The van der Waals surface area contributed by atoms with Crippen molar-refractivity contribution >= 4 is 23.4 Å². The van der Waals surface area contributed by atoms with Gasteiger partial charge >= 0.3 is 12.0 Å². The molecule has 108 valence electrons. The number of halogens is 1. The number of carboxylic acid groups (broad SMARTS) is 1. The lowest BCUT2D eigenvalue weighted by Crippen LogP contribution is -2.21. The largest absolute Gasteiger partial charge is 0.478 e. The van der Waals surface area contributed by atoms with Crippen LogP contribution in [0.3, 0.4) is 0 Å². The number of carboxylic acids is 1. The van der Waals surface area contributed by atoms with Crippen LogP contribution in [-0.4, -0.2) is 17.1 Å². The Hall–Kier alpha value is -2.89. The van der Waals surface area contributed by atoms with Gasteiger partial charge in [0.15, 0.2) is 0 Å². The molecular formula is C15H13FN2O3. The van der Waals surface area contributed by atoms with Crippen LogP contribution < -0.4 is 10.6 Å². The monoisotopic (exact) mass is 288 g/mol. The van der Waals surface area contributed by atoms with Crippen molar-refractivity contribution in [3.8, 4) is 0 Å². The molecule has 2 aromatic carbocycles. The summed E-state index contributed by atoms with van der Waals surface area (Å²) in [5, 5.41) is 14.0. The van der Waals surface area contributed by atoms with Gasteiger partial charge in [-0.25, -0.2) is 14.0 Å². The van der Waals surface area contributed by atoms with Crippen molar-refractivity contribution in [2.45, 2.75) is 6.92 Å². The lowest BCUT2D eigenvalue weighted by atomic mass is 10.1. The van der Waals surface area contributed by atoms with E-state index in [2.05, 4.69) is 10.6 Å². The summed E-state index contributed by atoms with van der Waals surface area (Å²) in [6, 6.07) is 9.69. The number of rotatable bonds is 3. The SMILES string of the molecule is Cc1ccccc1NC(=O)Nc1ccc(F)cc1C(=O)O. The Morgan fingerprint density at radius 3 is 2.38 bits per heavy atom. The fourth-order valence-electron chi connectivity index (χ4n) is 1.79. The molecule has 0 spiro atoms. The standard InChI is InChI=1S/C15H13FN2O3/c1-9-4-2-3-5-12(9)17-15(21)18-13-7-6-10(16)8-11(13)14(19)20/h2-8H,1H3,(H,19,20)(H2,17,18,21). The lowest BCUT2D eigenvalue weighted by Gasteiger charge is -2.11. The molecular weight excluding hydrogens is 275 g/mol. The van der Waals surface area contributed by atoms with Crippen molar-refractivity contribution in [1.82, 2.24) is 0 Å². The van der Waals surface area contributed by atoms with Crippen molar-refractivity contribution in [3.05, 3.63) is 59.4 Å². The number of urea groups is 1. The summed E-state index contributed by atoms with van der Waals surface area (Å²) in [4.78, 5) is 22.9. The summed E-state index contributed by atoms with van der Waals surface area (Å²) in [5.74, 6) is -2.00. The van der Waals surface area contributed by atoms with Crippen LogP contribution in [0.1, 0.15) is 15.9 Å². The molecule has 2 rings (SSSR count). The number of hydrogen-bond donors (Lipinski definition) is 3. The normalized spacial score (nSPS) is 10.0. The summed E-state index contributed by atoms with van der Waals surface area (Å²) in [7, 11) is 0. The molecule has 0 aliphatic rings. The Labute approximate surface area is 120 Å². The maximum Gasteiger partial charge on any atom is 0.337 e. The van der Waals surface area contributed by atoms with Crippen molar-refractivity contribution in [2.75, 3.05) is 10.6 Å². The first kappa shape index (κ1) is 14.5. The van der Waals surface area contributed by atoms with Crippen LogP contribution in [-0.2, 0) is 0 Å². The molecule has 5 nitrogen and oxygen atoms in total. The van der Waals surface area contributed by atoms with Gasteiger partial charge < -0.3 is 15.7 Å². The van der Waals surface area contributed by atoms with E-state index in [0.29, 0.717) is 5.69 Å². The van der Waals surface area contributed by atoms with Gasteiger partial charge in [-0.2, -0.15) is 0 Å². The van der Waals surface area contributed by atoms with Crippen molar-refractivity contribution in [2.24, 2.45) is 0 Å². The van der Waals surface area contributed by atoms with Crippen LogP contribution in [0.25, 0.3) is 0 Å². The van der Waals surface area contributed by atoms with Crippen molar-refractivity contribution in [1.29, 1.82) is 0 Å². The van der Waals surface area contributed by atoms with Crippen LogP contribution in [0.4, 0.5) is 20.6 Å². The van der Waals surface area contributed by atoms with Gasteiger partial charge in [0.1, 0.15) is 5.82 Å². The van der Waals surface area contributed by atoms with Crippen molar-refractivity contribution < 1.29 is 19.1 Å². The quantitative estimate of drug-likeness (QED) is 0.809. The van der Waals surface area contributed by atoms with Gasteiger partial charge in [-0.05, 0) is 36.8 Å². The third-order valence-electron chi connectivity index (χ3n) is 2.85. The number of para-hydroxylation sites is 1. The van der Waals surface area contributed by atoms with E-state index < -0.39 is 17.8 Å². The number of nitrogens with one attached hydrogen (secondary N) is 2. The van der Waals surface area contributed by atoms with Gasteiger partial charge in [0.25, 0.3) is 0 Å². The molecule has 0 unspecified atom stereocenters. The minimum Gasteiger partial charge on any atom is -0.478 e. The molecule has 0 fully saturated rings. The Kier molecular flexibility index (Phi) is 4.18. The van der Waals surface area contributed by atoms with Crippen LogP contribution in [0.2, 0.25) is 0 Å². The molecule has 0 aliphatic heterocycles. The first-order valence-electron chi connectivity index (χ1n) is 6.14. The van der Waals surface area contributed by atoms with Gasteiger partial charge in [-0.15, -0.1) is 0 Å². The van der Waals surface area contributed by atoms with Crippen LogP contribution in [0.15, 0.2) is 42.5 Å². The van der Waals surface area contributed by atoms with Gasteiger partial charge in [0.2, 0.25) is 0 Å².